The van der Waals surface area contributed by atoms with Crippen molar-refractivity contribution in [2.75, 3.05) is 25.0 Å². The third-order valence-electron chi connectivity index (χ3n) is 5.17. The number of benzene rings is 1. The lowest BCUT2D eigenvalue weighted by Crippen LogP contribution is -2.38. The number of aliphatic carboxylic acids is 1. The Bertz CT molecular complexity index is 633. The number of urea groups is 1. The number of carboxylic acids is 1. The highest BCUT2D eigenvalue weighted by molar-refractivity contribution is 5.92. The van der Waals surface area contributed by atoms with Crippen LogP contribution in [-0.2, 0) is 4.79 Å². The van der Waals surface area contributed by atoms with Crippen LogP contribution in [0.2, 0.25) is 0 Å². The van der Waals surface area contributed by atoms with Gasteiger partial charge in [0, 0.05) is 13.1 Å². The predicted octanol–water partition coefficient (Wildman–Crippen LogP) is 3.19. The SMILES string of the molecule is CCCOc1ccccc1NC(=O)N1C[C@@H]2CCC[C@@]2(C(=O)O)C1. The molecule has 2 aliphatic rings. The van der Waals surface area contributed by atoms with Crippen LogP contribution in [0.3, 0.4) is 0 Å². The molecule has 0 aromatic heterocycles. The van der Waals surface area contributed by atoms with Gasteiger partial charge in [0.15, 0.2) is 0 Å². The number of hydrogen-bond acceptors (Lipinski definition) is 3. The van der Waals surface area contributed by atoms with Crippen molar-refractivity contribution in [2.24, 2.45) is 11.3 Å². The zero-order chi connectivity index (χ0) is 17.2. The molecule has 1 saturated heterocycles. The van der Waals surface area contributed by atoms with Gasteiger partial charge in [-0.15, -0.1) is 0 Å². The van der Waals surface area contributed by atoms with Crippen molar-refractivity contribution in [1.82, 2.24) is 4.90 Å². The van der Waals surface area contributed by atoms with Gasteiger partial charge in [-0.2, -0.15) is 0 Å². The van der Waals surface area contributed by atoms with Crippen LogP contribution in [0.25, 0.3) is 0 Å². The minimum Gasteiger partial charge on any atom is -0.491 e. The van der Waals surface area contributed by atoms with Gasteiger partial charge in [-0.1, -0.05) is 25.5 Å². The van der Waals surface area contributed by atoms with Crippen molar-refractivity contribution < 1.29 is 19.4 Å². The number of para-hydroxylation sites is 2. The second-order valence-electron chi connectivity index (χ2n) is 6.71. The summed E-state index contributed by atoms with van der Waals surface area (Å²) < 4.78 is 5.66. The Hall–Kier alpha value is -2.24. The highest BCUT2D eigenvalue weighted by Crippen LogP contribution is 2.49. The number of ether oxygens (including phenoxy) is 1. The van der Waals surface area contributed by atoms with E-state index >= 15 is 0 Å². The Morgan fingerprint density at radius 1 is 1.42 bits per heavy atom. The fourth-order valence-electron chi connectivity index (χ4n) is 3.90. The summed E-state index contributed by atoms with van der Waals surface area (Å²) in [5.41, 5.74) is -0.132. The maximum absolute atomic E-state index is 12.6. The molecule has 0 unspecified atom stereocenters. The topological polar surface area (TPSA) is 78.9 Å². The third kappa shape index (κ3) is 2.92. The van der Waals surface area contributed by atoms with Crippen LogP contribution in [0.1, 0.15) is 32.6 Å². The number of amides is 2. The van der Waals surface area contributed by atoms with Crippen molar-refractivity contribution in [3.63, 3.8) is 0 Å². The van der Waals surface area contributed by atoms with Crippen LogP contribution in [0.4, 0.5) is 10.5 Å². The van der Waals surface area contributed by atoms with Crippen LogP contribution in [-0.4, -0.2) is 41.7 Å². The van der Waals surface area contributed by atoms with E-state index in [1.54, 1.807) is 11.0 Å². The molecule has 1 aromatic rings. The lowest BCUT2D eigenvalue weighted by Gasteiger charge is -2.23. The number of rotatable bonds is 5. The standard InChI is InChI=1S/C18H24N2O4/c1-2-10-24-15-8-4-3-7-14(15)19-17(23)20-11-13-6-5-9-18(13,12-20)16(21)22/h3-4,7-8,13H,2,5-6,9-12H2,1H3,(H,19,23)(H,21,22)/t13-,18+/m0/s1. The number of nitrogens with one attached hydrogen (secondary N) is 1. The normalized spacial score (nSPS) is 25.4. The Kier molecular flexibility index (Phi) is 4.64. The molecule has 1 aromatic carbocycles. The average Bonchev–Trinajstić information content (AvgIpc) is 3.12. The van der Waals surface area contributed by atoms with Crippen molar-refractivity contribution in [3.8, 4) is 5.75 Å². The van der Waals surface area contributed by atoms with E-state index in [2.05, 4.69) is 5.32 Å². The molecule has 1 saturated carbocycles. The van der Waals surface area contributed by atoms with E-state index in [0.29, 0.717) is 31.0 Å². The molecule has 1 aliphatic heterocycles. The predicted molar refractivity (Wildman–Crippen MR) is 90.2 cm³/mol. The van der Waals surface area contributed by atoms with Gasteiger partial charge in [0.2, 0.25) is 0 Å². The van der Waals surface area contributed by atoms with Crippen molar-refractivity contribution in [1.29, 1.82) is 0 Å². The molecule has 0 spiro atoms. The first-order valence-electron chi connectivity index (χ1n) is 8.58. The fourth-order valence-corrected chi connectivity index (χ4v) is 3.90. The monoisotopic (exact) mass is 332 g/mol. The maximum atomic E-state index is 12.6. The van der Waals surface area contributed by atoms with Crippen LogP contribution in [0, 0.1) is 11.3 Å². The van der Waals surface area contributed by atoms with Crippen LogP contribution in [0.15, 0.2) is 24.3 Å². The molecule has 0 bridgehead atoms. The molecular formula is C18H24N2O4. The summed E-state index contributed by atoms with van der Waals surface area (Å²) in [4.78, 5) is 26.0. The van der Waals surface area contributed by atoms with E-state index in [-0.39, 0.29) is 18.5 Å². The lowest BCUT2D eigenvalue weighted by atomic mass is 9.81. The van der Waals surface area contributed by atoms with E-state index in [1.807, 2.05) is 25.1 Å². The quantitative estimate of drug-likeness (QED) is 0.868. The molecule has 1 aliphatic carbocycles. The number of hydrogen-bond donors (Lipinski definition) is 2. The first-order chi connectivity index (χ1) is 11.6. The Morgan fingerprint density at radius 2 is 2.21 bits per heavy atom. The molecule has 6 nitrogen and oxygen atoms in total. The van der Waals surface area contributed by atoms with Crippen molar-refractivity contribution in [3.05, 3.63) is 24.3 Å². The summed E-state index contributed by atoms with van der Waals surface area (Å²) in [6.45, 7) is 3.41. The third-order valence-corrected chi connectivity index (χ3v) is 5.17. The summed E-state index contributed by atoms with van der Waals surface area (Å²) in [5.74, 6) is -0.0700. The Balaban J connectivity index is 1.70. The van der Waals surface area contributed by atoms with Gasteiger partial charge in [0.05, 0.1) is 17.7 Å². The van der Waals surface area contributed by atoms with E-state index in [1.165, 1.54) is 0 Å². The number of likely N-dealkylation sites (tertiary alicyclic amines) is 1. The summed E-state index contributed by atoms with van der Waals surface area (Å²) in [5, 5.41) is 12.5. The van der Waals surface area contributed by atoms with E-state index < -0.39 is 11.4 Å². The largest absolute Gasteiger partial charge is 0.491 e. The highest BCUT2D eigenvalue weighted by atomic mass is 16.5. The van der Waals surface area contributed by atoms with Crippen molar-refractivity contribution in [2.45, 2.75) is 32.6 Å². The summed E-state index contributed by atoms with van der Waals surface area (Å²) in [6.07, 6.45) is 3.36. The van der Waals surface area contributed by atoms with Gasteiger partial charge in [-0.25, -0.2) is 4.79 Å². The molecule has 2 amide bonds. The average molecular weight is 332 g/mol. The van der Waals surface area contributed by atoms with Gasteiger partial charge in [-0.3, -0.25) is 4.79 Å². The number of carbonyl (C=O) groups excluding carboxylic acids is 1. The number of fused-ring (bicyclic) bond motifs is 1. The smallest absolute Gasteiger partial charge is 0.321 e. The number of nitrogens with zero attached hydrogens (tertiary/aromatic N) is 1. The molecule has 2 N–H and O–H groups in total. The van der Waals surface area contributed by atoms with E-state index in [0.717, 1.165) is 19.3 Å². The Labute approximate surface area is 141 Å². The number of carboxylic acid groups (broad SMARTS) is 1. The molecule has 2 atom stereocenters. The van der Waals surface area contributed by atoms with Crippen molar-refractivity contribution >= 4 is 17.7 Å². The number of carbonyl (C=O) groups is 2. The molecule has 24 heavy (non-hydrogen) atoms. The van der Waals surface area contributed by atoms with Gasteiger partial charge >= 0.3 is 12.0 Å². The second-order valence-corrected chi connectivity index (χ2v) is 6.71. The van der Waals surface area contributed by atoms with Crippen LogP contribution >= 0.6 is 0 Å². The molecule has 6 heteroatoms. The van der Waals surface area contributed by atoms with Gasteiger partial charge in [0.25, 0.3) is 0 Å². The Morgan fingerprint density at radius 3 is 2.92 bits per heavy atom. The van der Waals surface area contributed by atoms with Gasteiger partial charge < -0.3 is 20.1 Å². The summed E-state index contributed by atoms with van der Waals surface area (Å²) in [6, 6.07) is 7.07. The molecule has 3 rings (SSSR count). The van der Waals surface area contributed by atoms with E-state index in [4.69, 9.17) is 4.74 Å². The first kappa shape index (κ1) is 16.6. The van der Waals surface area contributed by atoms with Crippen LogP contribution < -0.4 is 10.1 Å². The van der Waals surface area contributed by atoms with Gasteiger partial charge in [0.1, 0.15) is 5.75 Å². The van der Waals surface area contributed by atoms with E-state index in [9.17, 15) is 14.7 Å². The van der Waals surface area contributed by atoms with Crippen LogP contribution in [0.5, 0.6) is 5.75 Å². The molecule has 130 valence electrons. The first-order valence-corrected chi connectivity index (χ1v) is 8.58. The summed E-state index contributed by atoms with van der Waals surface area (Å²) in [7, 11) is 0. The minimum atomic E-state index is -0.771. The minimum absolute atomic E-state index is 0.0623. The second kappa shape index (κ2) is 6.71. The maximum Gasteiger partial charge on any atom is 0.321 e. The zero-order valence-electron chi connectivity index (χ0n) is 14.0. The molecular weight excluding hydrogens is 308 g/mol. The van der Waals surface area contributed by atoms with Gasteiger partial charge in [-0.05, 0) is 37.3 Å². The lowest BCUT2D eigenvalue weighted by molar-refractivity contribution is -0.149. The highest BCUT2D eigenvalue weighted by Gasteiger charge is 2.55. The summed E-state index contributed by atoms with van der Waals surface area (Å²) >= 11 is 0. The zero-order valence-corrected chi connectivity index (χ0v) is 14.0. The molecule has 2 fully saturated rings. The fraction of sp³-hybridized carbons (Fsp3) is 0.556. The molecule has 1 heterocycles. The molecule has 0 radical (unpaired) electrons. The number of anilines is 1.